The van der Waals surface area contributed by atoms with Gasteiger partial charge in [0.1, 0.15) is 12.2 Å². The molecule has 1 aliphatic rings. The lowest BCUT2D eigenvalue weighted by Gasteiger charge is -2.17. The summed E-state index contributed by atoms with van der Waals surface area (Å²) in [6.45, 7) is 3.21. The van der Waals surface area contributed by atoms with E-state index in [2.05, 4.69) is 0 Å². The first-order valence-corrected chi connectivity index (χ1v) is 6.52. The van der Waals surface area contributed by atoms with Gasteiger partial charge in [0.05, 0.1) is 12.2 Å². The van der Waals surface area contributed by atoms with E-state index in [1.54, 1.807) is 6.92 Å². The molecule has 20 heavy (non-hydrogen) atoms. The van der Waals surface area contributed by atoms with Crippen LogP contribution in [0.2, 0.25) is 0 Å². The second-order valence-electron chi connectivity index (χ2n) is 4.74. The van der Waals surface area contributed by atoms with Gasteiger partial charge in [-0.15, -0.1) is 0 Å². The Morgan fingerprint density at radius 3 is 2.30 bits per heavy atom. The van der Waals surface area contributed by atoms with E-state index in [-0.39, 0.29) is 6.10 Å². The minimum absolute atomic E-state index is 0.361. The molecule has 0 amide bonds. The Bertz CT molecular complexity index is 400. The number of aliphatic hydroxyl groups is 2. The van der Waals surface area contributed by atoms with Crippen molar-refractivity contribution in [2.75, 3.05) is 0 Å². The van der Waals surface area contributed by atoms with E-state index in [0.717, 1.165) is 12.2 Å². The number of hydrogen-bond donors (Lipinski definition) is 2. The fraction of sp³-hybridized carbons (Fsp3) is 0.571. The highest BCUT2D eigenvalue weighted by atomic mass is 16.6. The Morgan fingerprint density at radius 1 is 1.00 bits per heavy atom. The van der Waals surface area contributed by atoms with Gasteiger partial charge in [0.15, 0.2) is 0 Å². The first-order valence-electron chi connectivity index (χ1n) is 6.52. The second-order valence-corrected chi connectivity index (χ2v) is 4.74. The minimum atomic E-state index is -1.11. The Morgan fingerprint density at radius 2 is 1.60 bits per heavy atom. The molecule has 4 unspecified atom stereocenters. The summed E-state index contributed by atoms with van der Waals surface area (Å²) < 4.78 is 9.99. The van der Waals surface area contributed by atoms with Crippen molar-refractivity contribution in [2.24, 2.45) is 0 Å². The first-order chi connectivity index (χ1) is 9.38. The lowest BCUT2D eigenvalue weighted by molar-refractivity contribution is -0.146. The molecule has 2 N–H and O–H groups in total. The van der Waals surface area contributed by atoms with Crippen LogP contribution in [0.15, 0.2) is 24.3 Å². The van der Waals surface area contributed by atoms with Crippen molar-refractivity contribution in [3.63, 3.8) is 0 Å². The van der Waals surface area contributed by atoms with Gasteiger partial charge >= 0.3 is 11.9 Å². The van der Waals surface area contributed by atoms with Gasteiger partial charge in [0.2, 0.25) is 0 Å². The SMILES string of the molecule is CC1CCC(O)/C=C\C(=O)OC(C)C(O)/C=C\C(=O)O1. The Hall–Kier alpha value is -1.66. The zero-order chi connectivity index (χ0) is 15.1. The average molecular weight is 284 g/mol. The zero-order valence-corrected chi connectivity index (χ0v) is 11.6. The summed E-state index contributed by atoms with van der Waals surface area (Å²) in [7, 11) is 0. The van der Waals surface area contributed by atoms with Gasteiger partial charge in [-0.1, -0.05) is 0 Å². The van der Waals surface area contributed by atoms with Gasteiger partial charge in [0.25, 0.3) is 0 Å². The summed E-state index contributed by atoms with van der Waals surface area (Å²) in [5, 5.41) is 19.3. The standard InChI is InChI=1S/C14H20O6/c1-9-3-4-11(15)5-7-14(18)20-10(2)12(16)6-8-13(17)19-9/h5-12,15-16H,3-4H2,1-2H3/b7-5-,8-6-. The molecule has 112 valence electrons. The molecule has 0 saturated heterocycles. The molecule has 0 bridgehead atoms. The highest BCUT2D eigenvalue weighted by Crippen LogP contribution is 2.09. The third-order valence-corrected chi connectivity index (χ3v) is 2.85. The molecule has 0 spiro atoms. The molecule has 1 rings (SSSR count). The normalized spacial score (nSPS) is 36.4. The molecule has 0 aliphatic carbocycles. The molecule has 1 heterocycles. The highest BCUT2D eigenvalue weighted by molar-refractivity contribution is 5.83. The van der Waals surface area contributed by atoms with Crippen LogP contribution in [0.5, 0.6) is 0 Å². The number of cyclic esters (lactones) is 2. The molecule has 6 nitrogen and oxygen atoms in total. The summed E-state index contributed by atoms with van der Waals surface area (Å²) >= 11 is 0. The van der Waals surface area contributed by atoms with Crippen LogP contribution in [0.1, 0.15) is 26.7 Å². The molecule has 0 radical (unpaired) electrons. The fourth-order valence-electron chi connectivity index (χ4n) is 1.61. The molecule has 0 aromatic carbocycles. The molecule has 1 aliphatic heterocycles. The van der Waals surface area contributed by atoms with E-state index >= 15 is 0 Å². The molecule has 6 heteroatoms. The fourth-order valence-corrected chi connectivity index (χ4v) is 1.61. The molecule has 0 aromatic rings. The van der Waals surface area contributed by atoms with E-state index in [9.17, 15) is 19.8 Å². The maximum Gasteiger partial charge on any atom is 0.330 e. The van der Waals surface area contributed by atoms with Crippen LogP contribution in [0.3, 0.4) is 0 Å². The molecule has 4 atom stereocenters. The topological polar surface area (TPSA) is 93.1 Å². The maximum absolute atomic E-state index is 11.5. The predicted octanol–water partition coefficient (Wildman–Crippen LogP) is 0.478. The second kappa shape index (κ2) is 7.81. The minimum Gasteiger partial charge on any atom is -0.460 e. The van der Waals surface area contributed by atoms with Gasteiger partial charge < -0.3 is 19.7 Å². The summed E-state index contributed by atoms with van der Waals surface area (Å²) in [6, 6.07) is 0. The Balaban J connectivity index is 2.79. The maximum atomic E-state index is 11.5. The van der Waals surface area contributed by atoms with Crippen molar-refractivity contribution in [2.45, 2.75) is 51.1 Å². The zero-order valence-electron chi connectivity index (χ0n) is 11.6. The van der Waals surface area contributed by atoms with Crippen LogP contribution in [0.4, 0.5) is 0 Å². The quantitative estimate of drug-likeness (QED) is 0.628. The van der Waals surface area contributed by atoms with Crippen LogP contribution in [-0.2, 0) is 19.1 Å². The Kier molecular flexibility index (Phi) is 6.41. The number of hydrogen-bond acceptors (Lipinski definition) is 6. The van der Waals surface area contributed by atoms with E-state index < -0.39 is 30.3 Å². The monoisotopic (exact) mass is 284 g/mol. The van der Waals surface area contributed by atoms with E-state index in [4.69, 9.17) is 9.47 Å². The van der Waals surface area contributed by atoms with Crippen LogP contribution in [-0.4, -0.2) is 46.6 Å². The van der Waals surface area contributed by atoms with Crippen molar-refractivity contribution in [1.29, 1.82) is 0 Å². The molecule has 0 aromatic heterocycles. The van der Waals surface area contributed by atoms with E-state index in [0.29, 0.717) is 12.8 Å². The third-order valence-electron chi connectivity index (χ3n) is 2.85. The highest BCUT2D eigenvalue weighted by Gasteiger charge is 2.17. The number of rotatable bonds is 0. The van der Waals surface area contributed by atoms with Crippen LogP contribution >= 0.6 is 0 Å². The summed E-state index contributed by atoms with van der Waals surface area (Å²) in [4.78, 5) is 22.9. The van der Waals surface area contributed by atoms with E-state index in [1.165, 1.54) is 19.1 Å². The van der Waals surface area contributed by atoms with Gasteiger partial charge in [-0.25, -0.2) is 9.59 Å². The van der Waals surface area contributed by atoms with Crippen LogP contribution < -0.4 is 0 Å². The predicted molar refractivity (Wildman–Crippen MR) is 70.6 cm³/mol. The molecule has 0 fully saturated rings. The van der Waals surface area contributed by atoms with Gasteiger partial charge in [-0.05, 0) is 38.8 Å². The van der Waals surface area contributed by atoms with Crippen molar-refractivity contribution in [3.8, 4) is 0 Å². The van der Waals surface area contributed by atoms with Crippen molar-refractivity contribution >= 4 is 11.9 Å². The van der Waals surface area contributed by atoms with Gasteiger partial charge in [-0.2, -0.15) is 0 Å². The lowest BCUT2D eigenvalue weighted by Crippen LogP contribution is -2.27. The average Bonchev–Trinajstić information content (AvgIpc) is 2.39. The van der Waals surface area contributed by atoms with Crippen molar-refractivity contribution < 1.29 is 29.3 Å². The smallest absolute Gasteiger partial charge is 0.330 e. The summed E-state index contributed by atoms with van der Waals surface area (Å²) in [6.07, 6.45) is 2.48. The molecule has 0 saturated carbocycles. The number of carbonyl (C=O) groups excluding carboxylic acids is 2. The number of ether oxygens (including phenoxy) is 2. The Labute approximate surface area is 117 Å². The van der Waals surface area contributed by atoms with Gasteiger partial charge in [-0.3, -0.25) is 0 Å². The molecular weight excluding hydrogens is 264 g/mol. The largest absolute Gasteiger partial charge is 0.460 e. The van der Waals surface area contributed by atoms with E-state index in [1.807, 2.05) is 0 Å². The molecular formula is C14H20O6. The van der Waals surface area contributed by atoms with Crippen LogP contribution in [0.25, 0.3) is 0 Å². The first kappa shape index (κ1) is 16.4. The van der Waals surface area contributed by atoms with Crippen LogP contribution in [0, 0.1) is 0 Å². The number of aliphatic hydroxyl groups excluding tert-OH is 2. The van der Waals surface area contributed by atoms with Gasteiger partial charge in [0, 0.05) is 12.2 Å². The summed E-state index contributed by atoms with van der Waals surface area (Å²) in [5.41, 5.74) is 0. The third kappa shape index (κ3) is 5.99. The number of carbonyl (C=O) groups is 2. The number of esters is 2. The van der Waals surface area contributed by atoms with Crippen molar-refractivity contribution in [3.05, 3.63) is 24.3 Å². The lowest BCUT2D eigenvalue weighted by atomic mass is 10.1. The van der Waals surface area contributed by atoms with Crippen molar-refractivity contribution in [1.82, 2.24) is 0 Å². The summed E-state index contributed by atoms with van der Waals surface area (Å²) in [5.74, 6) is -1.24.